The molecule has 0 radical (unpaired) electrons. The molecule has 5 heteroatoms. The van der Waals surface area contributed by atoms with E-state index in [2.05, 4.69) is 31.1 Å². The van der Waals surface area contributed by atoms with E-state index in [0.29, 0.717) is 12.1 Å². The highest BCUT2D eigenvalue weighted by Gasteiger charge is 2.13. The van der Waals surface area contributed by atoms with Crippen molar-refractivity contribution < 1.29 is 9.21 Å². The minimum atomic E-state index is -0.138. The van der Waals surface area contributed by atoms with E-state index in [4.69, 9.17) is 4.42 Å². The Morgan fingerprint density at radius 1 is 1.40 bits per heavy atom. The van der Waals surface area contributed by atoms with Gasteiger partial charge in [0.2, 0.25) is 0 Å². The van der Waals surface area contributed by atoms with Gasteiger partial charge in [-0.1, -0.05) is 20.8 Å². The van der Waals surface area contributed by atoms with Crippen LogP contribution in [0.4, 0.5) is 0 Å². The summed E-state index contributed by atoms with van der Waals surface area (Å²) in [4.78, 5) is 16.1. The molecule has 0 bridgehead atoms. The van der Waals surface area contributed by atoms with Crippen molar-refractivity contribution in [1.82, 2.24) is 10.3 Å². The summed E-state index contributed by atoms with van der Waals surface area (Å²) in [6, 6.07) is 5.55. The zero-order valence-corrected chi connectivity index (χ0v) is 12.7. The number of hydrogen-bond donors (Lipinski definition) is 1. The fraction of sp³-hybridized carbons (Fsp3) is 0.333. The molecule has 0 aliphatic carbocycles. The number of carbonyl (C=O) groups is 1. The van der Waals surface area contributed by atoms with Gasteiger partial charge in [0.05, 0.1) is 16.9 Å². The molecule has 0 aliphatic rings. The van der Waals surface area contributed by atoms with Crippen LogP contribution in [0.15, 0.2) is 46.4 Å². The number of nitrogens with one attached hydrogen (secondary N) is 1. The van der Waals surface area contributed by atoms with Gasteiger partial charge in [-0.25, -0.2) is 4.98 Å². The van der Waals surface area contributed by atoms with Crippen molar-refractivity contribution in [3.8, 4) is 0 Å². The van der Waals surface area contributed by atoms with Gasteiger partial charge >= 0.3 is 0 Å². The molecular formula is C15H18N2O2S. The van der Waals surface area contributed by atoms with Crippen molar-refractivity contribution in [2.24, 2.45) is 0 Å². The third-order valence-corrected chi connectivity index (χ3v) is 3.49. The van der Waals surface area contributed by atoms with E-state index >= 15 is 0 Å². The van der Waals surface area contributed by atoms with Gasteiger partial charge in [0.1, 0.15) is 6.26 Å². The maximum Gasteiger partial charge on any atom is 0.254 e. The van der Waals surface area contributed by atoms with Crippen LogP contribution in [0.1, 0.15) is 36.7 Å². The van der Waals surface area contributed by atoms with Crippen molar-refractivity contribution in [1.29, 1.82) is 0 Å². The SMILES string of the molecule is CC(C)(C)Sc1cc(CNC(=O)c2ccoc2)ccn1. The Hall–Kier alpha value is -1.75. The summed E-state index contributed by atoms with van der Waals surface area (Å²) in [6.45, 7) is 6.91. The number of aromatic nitrogens is 1. The maximum absolute atomic E-state index is 11.8. The number of nitrogens with zero attached hydrogens (tertiary/aromatic N) is 1. The van der Waals surface area contributed by atoms with E-state index < -0.39 is 0 Å². The Morgan fingerprint density at radius 3 is 2.85 bits per heavy atom. The number of amides is 1. The third kappa shape index (κ3) is 4.42. The third-order valence-electron chi connectivity index (χ3n) is 2.45. The summed E-state index contributed by atoms with van der Waals surface area (Å²) in [7, 11) is 0. The first-order chi connectivity index (χ1) is 9.44. The second kappa shape index (κ2) is 6.13. The van der Waals surface area contributed by atoms with E-state index in [1.54, 1.807) is 24.0 Å². The van der Waals surface area contributed by atoms with E-state index in [9.17, 15) is 4.79 Å². The molecule has 20 heavy (non-hydrogen) atoms. The zero-order valence-electron chi connectivity index (χ0n) is 11.8. The van der Waals surface area contributed by atoms with E-state index in [1.807, 2.05) is 12.1 Å². The Morgan fingerprint density at radius 2 is 2.20 bits per heavy atom. The molecular weight excluding hydrogens is 272 g/mol. The first-order valence-corrected chi connectivity index (χ1v) is 7.20. The molecule has 0 saturated carbocycles. The Bertz CT molecular complexity index is 574. The van der Waals surface area contributed by atoms with Gasteiger partial charge in [-0.3, -0.25) is 4.79 Å². The highest BCUT2D eigenvalue weighted by atomic mass is 32.2. The van der Waals surface area contributed by atoms with E-state index in [1.165, 1.54) is 12.5 Å². The van der Waals surface area contributed by atoms with Crippen LogP contribution < -0.4 is 5.32 Å². The molecule has 0 fully saturated rings. The second-order valence-electron chi connectivity index (χ2n) is 5.41. The normalized spacial score (nSPS) is 11.3. The van der Waals surface area contributed by atoms with Crippen molar-refractivity contribution in [2.45, 2.75) is 37.1 Å². The highest BCUT2D eigenvalue weighted by molar-refractivity contribution is 8.00. The molecule has 0 aromatic carbocycles. The lowest BCUT2D eigenvalue weighted by Crippen LogP contribution is -2.22. The molecule has 2 rings (SSSR count). The number of hydrogen-bond acceptors (Lipinski definition) is 4. The molecule has 0 aliphatic heterocycles. The van der Waals surface area contributed by atoms with Crippen molar-refractivity contribution in [3.63, 3.8) is 0 Å². The van der Waals surface area contributed by atoms with Gasteiger partial charge in [-0.05, 0) is 23.8 Å². The molecule has 106 valence electrons. The predicted octanol–water partition coefficient (Wildman–Crippen LogP) is 3.50. The number of carbonyl (C=O) groups excluding carboxylic acids is 1. The summed E-state index contributed by atoms with van der Waals surface area (Å²) >= 11 is 1.71. The monoisotopic (exact) mass is 290 g/mol. The Balaban J connectivity index is 1.96. The number of furan rings is 1. The van der Waals surface area contributed by atoms with Crippen LogP contribution in [0.3, 0.4) is 0 Å². The van der Waals surface area contributed by atoms with Crippen LogP contribution in [0.25, 0.3) is 0 Å². The topological polar surface area (TPSA) is 55.1 Å². The second-order valence-corrected chi connectivity index (χ2v) is 7.26. The molecule has 2 aromatic heterocycles. The summed E-state index contributed by atoms with van der Waals surface area (Å²) in [5, 5.41) is 3.82. The van der Waals surface area contributed by atoms with Gasteiger partial charge in [0, 0.05) is 17.5 Å². The number of pyridine rings is 1. The lowest BCUT2D eigenvalue weighted by atomic mass is 10.2. The smallest absolute Gasteiger partial charge is 0.254 e. The lowest BCUT2D eigenvalue weighted by Gasteiger charge is -2.17. The molecule has 1 amide bonds. The Kier molecular flexibility index (Phi) is 4.49. The molecule has 1 N–H and O–H groups in total. The van der Waals surface area contributed by atoms with Gasteiger partial charge in [-0.2, -0.15) is 0 Å². The van der Waals surface area contributed by atoms with E-state index in [-0.39, 0.29) is 10.7 Å². The first-order valence-electron chi connectivity index (χ1n) is 6.38. The van der Waals surface area contributed by atoms with Crippen LogP contribution in [0.5, 0.6) is 0 Å². The van der Waals surface area contributed by atoms with Gasteiger partial charge < -0.3 is 9.73 Å². The lowest BCUT2D eigenvalue weighted by molar-refractivity contribution is 0.0950. The average Bonchev–Trinajstić information content (AvgIpc) is 2.88. The molecule has 2 heterocycles. The molecule has 4 nitrogen and oxygen atoms in total. The summed E-state index contributed by atoms with van der Waals surface area (Å²) in [5.41, 5.74) is 1.56. The van der Waals surface area contributed by atoms with Crippen LogP contribution in [0, 0.1) is 0 Å². The maximum atomic E-state index is 11.8. The predicted molar refractivity (Wildman–Crippen MR) is 79.7 cm³/mol. The number of rotatable bonds is 4. The minimum Gasteiger partial charge on any atom is -0.472 e. The van der Waals surface area contributed by atoms with Gasteiger partial charge in [-0.15, -0.1) is 11.8 Å². The van der Waals surface area contributed by atoms with Crippen LogP contribution in [-0.4, -0.2) is 15.6 Å². The number of thioether (sulfide) groups is 1. The van der Waals surface area contributed by atoms with Crippen LogP contribution >= 0.6 is 11.8 Å². The average molecular weight is 290 g/mol. The fourth-order valence-corrected chi connectivity index (χ4v) is 2.56. The zero-order chi connectivity index (χ0) is 14.6. The molecule has 0 saturated heterocycles. The first kappa shape index (κ1) is 14.7. The van der Waals surface area contributed by atoms with Crippen LogP contribution in [0.2, 0.25) is 0 Å². The summed E-state index contributed by atoms with van der Waals surface area (Å²) in [6.07, 6.45) is 4.69. The largest absolute Gasteiger partial charge is 0.472 e. The fourth-order valence-electron chi connectivity index (χ4n) is 1.61. The van der Waals surface area contributed by atoms with E-state index in [0.717, 1.165) is 10.6 Å². The van der Waals surface area contributed by atoms with Gasteiger partial charge in [0.25, 0.3) is 5.91 Å². The quantitative estimate of drug-likeness (QED) is 0.876. The molecule has 2 aromatic rings. The Labute approximate surface area is 123 Å². The standard InChI is InChI=1S/C15H18N2O2S/c1-15(2,3)20-13-8-11(4-6-16-13)9-17-14(18)12-5-7-19-10-12/h4-8,10H,9H2,1-3H3,(H,17,18). The molecule has 0 spiro atoms. The van der Waals surface area contributed by atoms with Crippen molar-refractivity contribution >= 4 is 17.7 Å². The molecule has 0 atom stereocenters. The van der Waals surface area contributed by atoms with Gasteiger partial charge in [0.15, 0.2) is 0 Å². The van der Waals surface area contributed by atoms with Crippen molar-refractivity contribution in [2.75, 3.05) is 0 Å². The molecule has 0 unspecified atom stereocenters. The highest BCUT2D eigenvalue weighted by Crippen LogP contribution is 2.30. The summed E-state index contributed by atoms with van der Waals surface area (Å²) in [5.74, 6) is -0.138. The summed E-state index contributed by atoms with van der Waals surface area (Å²) < 4.78 is 5.00. The van der Waals surface area contributed by atoms with Crippen LogP contribution in [-0.2, 0) is 6.54 Å². The minimum absolute atomic E-state index is 0.117. The van der Waals surface area contributed by atoms with Crippen molar-refractivity contribution in [3.05, 3.63) is 48.0 Å².